The number of pyridine rings is 1. The van der Waals surface area contributed by atoms with Gasteiger partial charge in [0.15, 0.2) is 0 Å². The summed E-state index contributed by atoms with van der Waals surface area (Å²) in [6, 6.07) is 7.37. The molecular weight excluding hydrogens is 454 g/mol. The molecule has 0 saturated heterocycles. The van der Waals surface area contributed by atoms with E-state index in [-0.39, 0.29) is 5.56 Å². The zero-order chi connectivity index (χ0) is 22.4. The van der Waals surface area contributed by atoms with Crippen molar-refractivity contribution in [2.75, 3.05) is 0 Å². The average Bonchev–Trinajstić information content (AvgIpc) is 3.52. The topological polar surface area (TPSA) is 102 Å². The van der Waals surface area contributed by atoms with E-state index < -0.39 is 34.5 Å². The number of carbonyl (C=O) groups is 2. The van der Waals surface area contributed by atoms with Crippen LogP contribution in [0.1, 0.15) is 26.3 Å². The lowest BCUT2D eigenvalue weighted by atomic mass is 9.99. The molecule has 6 nitrogen and oxygen atoms in total. The van der Waals surface area contributed by atoms with Gasteiger partial charge in [-0.05, 0) is 30.3 Å². The highest BCUT2D eigenvalue weighted by Gasteiger charge is 2.26. The molecule has 0 radical (unpaired) electrons. The molecule has 5 rings (SSSR count). The summed E-state index contributed by atoms with van der Waals surface area (Å²) in [5, 5.41) is 3.19. The van der Waals surface area contributed by atoms with E-state index in [1.54, 1.807) is 18.5 Å². The number of nitrogens with two attached hydrogens (primary N) is 1. The SMILES string of the molecule is NC(=O)c1ccc(F)c(C(=O)c2c[nH]c3ncc(-c4ccc(-c5nccs5)s4)cc23)c1F. The number of primary amides is 1. The van der Waals surface area contributed by atoms with Gasteiger partial charge in [0.05, 0.1) is 16.0 Å². The molecule has 0 aliphatic carbocycles. The number of hydrogen-bond acceptors (Lipinski definition) is 6. The molecule has 0 unspecified atom stereocenters. The molecule has 0 spiro atoms. The van der Waals surface area contributed by atoms with Crippen LogP contribution < -0.4 is 5.73 Å². The van der Waals surface area contributed by atoms with Crippen molar-refractivity contribution < 1.29 is 18.4 Å². The highest BCUT2D eigenvalue weighted by Crippen LogP contribution is 2.36. The van der Waals surface area contributed by atoms with Gasteiger partial charge < -0.3 is 10.7 Å². The molecule has 0 aliphatic rings. The zero-order valence-corrected chi connectivity index (χ0v) is 17.7. The molecule has 0 atom stereocenters. The average molecular weight is 466 g/mol. The van der Waals surface area contributed by atoms with Gasteiger partial charge in [-0.3, -0.25) is 9.59 Å². The molecule has 0 aliphatic heterocycles. The number of nitrogens with zero attached hydrogens (tertiary/aromatic N) is 2. The molecule has 158 valence electrons. The van der Waals surface area contributed by atoms with Crippen LogP contribution in [0.5, 0.6) is 0 Å². The summed E-state index contributed by atoms with van der Waals surface area (Å²) in [6.07, 6.45) is 4.73. The van der Waals surface area contributed by atoms with E-state index in [0.29, 0.717) is 11.0 Å². The number of amides is 1. The minimum atomic E-state index is -1.28. The number of thiophene rings is 1. The van der Waals surface area contributed by atoms with Gasteiger partial charge in [-0.25, -0.2) is 18.7 Å². The summed E-state index contributed by atoms with van der Waals surface area (Å²) < 4.78 is 29.1. The first-order valence-corrected chi connectivity index (χ1v) is 10.9. The van der Waals surface area contributed by atoms with Crippen LogP contribution in [0.2, 0.25) is 0 Å². The fourth-order valence-electron chi connectivity index (χ4n) is 3.36. The summed E-state index contributed by atoms with van der Waals surface area (Å²) in [5.74, 6) is -4.37. The number of carbonyl (C=O) groups excluding carboxylic acids is 2. The van der Waals surface area contributed by atoms with Gasteiger partial charge in [0.2, 0.25) is 5.78 Å². The lowest BCUT2D eigenvalue weighted by molar-refractivity contribution is 0.0996. The summed E-state index contributed by atoms with van der Waals surface area (Å²) >= 11 is 3.05. The van der Waals surface area contributed by atoms with Gasteiger partial charge >= 0.3 is 0 Å². The van der Waals surface area contributed by atoms with Crippen molar-refractivity contribution in [3.63, 3.8) is 0 Å². The number of aromatic amines is 1. The summed E-state index contributed by atoms with van der Waals surface area (Å²) in [7, 11) is 0. The van der Waals surface area contributed by atoms with Gasteiger partial charge in [-0.15, -0.1) is 22.7 Å². The standard InChI is InChI=1S/C22H12F2N4O2S2/c23-14-2-1-11(20(25)30)18(24)17(14)19(29)13-9-28-21-12(13)7-10(8-27-21)15-3-4-16(32-15)22-26-5-6-31-22/h1-9H,(H2,25,30)(H,27,28). The first-order chi connectivity index (χ1) is 15.4. The number of rotatable bonds is 5. The number of nitrogens with one attached hydrogen (secondary N) is 1. The maximum absolute atomic E-state index is 14.7. The molecule has 5 aromatic rings. The Bertz CT molecular complexity index is 1510. The molecule has 4 aromatic heterocycles. The third-order valence-electron chi connectivity index (χ3n) is 4.89. The van der Waals surface area contributed by atoms with Crippen LogP contribution >= 0.6 is 22.7 Å². The quantitative estimate of drug-likeness (QED) is 0.355. The first-order valence-electron chi connectivity index (χ1n) is 9.23. The van der Waals surface area contributed by atoms with Gasteiger partial charge in [-0.1, -0.05) is 0 Å². The Morgan fingerprint density at radius 3 is 2.59 bits per heavy atom. The van der Waals surface area contributed by atoms with Crippen LogP contribution in [0, 0.1) is 11.6 Å². The number of fused-ring (bicyclic) bond motifs is 1. The second-order valence-corrected chi connectivity index (χ2v) is 8.78. The Morgan fingerprint density at radius 1 is 1.03 bits per heavy atom. The van der Waals surface area contributed by atoms with Crippen molar-refractivity contribution in [3.8, 4) is 20.3 Å². The van der Waals surface area contributed by atoms with Crippen LogP contribution in [-0.4, -0.2) is 26.6 Å². The van der Waals surface area contributed by atoms with Crippen molar-refractivity contribution in [2.24, 2.45) is 5.73 Å². The monoisotopic (exact) mass is 466 g/mol. The normalized spacial score (nSPS) is 11.2. The first kappa shape index (κ1) is 20.2. The molecule has 3 N–H and O–H groups in total. The smallest absolute Gasteiger partial charge is 0.251 e. The highest BCUT2D eigenvalue weighted by molar-refractivity contribution is 7.23. The van der Waals surface area contributed by atoms with Crippen LogP contribution in [0.15, 0.2) is 54.3 Å². The molecule has 0 bridgehead atoms. The van der Waals surface area contributed by atoms with E-state index in [4.69, 9.17) is 5.73 Å². The largest absolute Gasteiger partial charge is 0.366 e. The lowest BCUT2D eigenvalue weighted by Crippen LogP contribution is -2.17. The number of halogens is 2. The van der Waals surface area contributed by atoms with Crippen molar-refractivity contribution in [2.45, 2.75) is 0 Å². The predicted molar refractivity (Wildman–Crippen MR) is 119 cm³/mol. The van der Waals surface area contributed by atoms with Crippen LogP contribution in [0.3, 0.4) is 0 Å². The van der Waals surface area contributed by atoms with E-state index in [0.717, 1.165) is 32.5 Å². The Balaban J connectivity index is 1.59. The third kappa shape index (κ3) is 3.29. The molecule has 10 heteroatoms. The van der Waals surface area contributed by atoms with Gasteiger partial charge in [0.1, 0.15) is 22.3 Å². The van der Waals surface area contributed by atoms with E-state index in [1.807, 2.05) is 17.5 Å². The minimum absolute atomic E-state index is 0.0328. The van der Waals surface area contributed by atoms with Crippen molar-refractivity contribution >= 4 is 45.4 Å². The number of thiazole rings is 1. The number of benzene rings is 1. The maximum atomic E-state index is 14.7. The van der Waals surface area contributed by atoms with Crippen molar-refractivity contribution in [1.29, 1.82) is 0 Å². The molecule has 4 heterocycles. The Kier molecular flexibility index (Phi) is 4.87. The van der Waals surface area contributed by atoms with Crippen LogP contribution in [-0.2, 0) is 0 Å². The number of H-pyrrole nitrogens is 1. The van der Waals surface area contributed by atoms with Gasteiger partial charge in [0.25, 0.3) is 5.91 Å². The fourth-order valence-corrected chi connectivity index (χ4v) is 5.07. The Hall–Kier alpha value is -3.76. The molecule has 1 amide bonds. The number of aromatic nitrogens is 3. The second kappa shape index (κ2) is 7.74. The fraction of sp³-hybridized carbons (Fsp3) is 0. The Labute approximate surface area is 187 Å². The lowest BCUT2D eigenvalue weighted by Gasteiger charge is -2.07. The third-order valence-corrected chi connectivity index (χ3v) is 6.97. The van der Waals surface area contributed by atoms with E-state index in [2.05, 4.69) is 15.0 Å². The summed E-state index contributed by atoms with van der Waals surface area (Å²) in [5.41, 5.74) is 4.90. The van der Waals surface area contributed by atoms with Crippen molar-refractivity contribution in [1.82, 2.24) is 15.0 Å². The highest BCUT2D eigenvalue weighted by atomic mass is 32.1. The zero-order valence-electron chi connectivity index (χ0n) is 16.1. The maximum Gasteiger partial charge on any atom is 0.251 e. The van der Waals surface area contributed by atoms with Crippen molar-refractivity contribution in [3.05, 3.63) is 82.6 Å². The molecule has 32 heavy (non-hydrogen) atoms. The van der Waals surface area contributed by atoms with E-state index in [9.17, 15) is 18.4 Å². The van der Waals surface area contributed by atoms with E-state index in [1.165, 1.54) is 28.9 Å². The summed E-state index contributed by atoms with van der Waals surface area (Å²) in [4.78, 5) is 37.9. The second-order valence-electron chi connectivity index (χ2n) is 6.80. The summed E-state index contributed by atoms with van der Waals surface area (Å²) in [6.45, 7) is 0. The van der Waals surface area contributed by atoms with Crippen LogP contribution in [0.4, 0.5) is 8.78 Å². The van der Waals surface area contributed by atoms with Gasteiger partial charge in [0, 0.05) is 45.4 Å². The van der Waals surface area contributed by atoms with E-state index >= 15 is 0 Å². The number of ketones is 1. The predicted octanol–water partition coefficient (Wildman–Crippen LogP) is 5.02. The molecular formula is C22H12F2N4O2S2. The minimum Gasteiger partial charge on any atom is -0.366 e. The Morgan fingerprint density at radius 2 is 1.84 bits per heavy atom. The van der Waals surface area contributed by atoms with Crippen LogP contribution in [0.25, 0.3) is 31.4 Å². The number of hydrogen-bond donors (Lipinski definition) is 2. The molecule has 0 fully saturated rings. The molecule has 0 saturated carbocycles. The molecule has 1 aromatic carbocycles. The van der Waals surface area contributed by atoms with Gasteiger partial charge in [-0.2, -0.15) is 0 Å².